The van der Waals surface area contributed by atoms with E-state index >= 15 is 0 Å². The van der Waals surface area contributed by atoms with Gasteiger partial charge in [-0.3, -0.25) is 9.59 Å². The summed E-state index contributed by atoms with van der Waals surface area (Å²) in [5.41, 5.74) is 1.27. The predicted molar refractivity (Wildman–Crippen MR) is 132 cm³/mol. The van der Waals surface area contributed by atoms with Crippen molar-refractivity contribution >= 4 is 23.4 Å². The summed E-state index contributed by atoms with van der Waals surface area (Å²) >= 11 is 0. The molecule has 1 N–H and O–H groups in total. The highest BCUT2D eigenvalue weighted by atomic mass is 16.6. The largest absolute Gasteiger partial charge is 0.507 e. The molecule has 2 aromatic rings. The Kier molecular flexibility index (Phi) is 7.59. The number of carbonyl (C=O) groups is 3. The first-order valence-electron chi connectivity index (χ1n) is 12.0. The van der Waals surface area contributed by atoms with Crippen molar-refractivity contribution in [2.24, 2.45) is 0 Å². The van der Waals surface area contributed by atoms with Gasteiger partial charge >= 0.3 is 5.97 Å². The number of fused-ring (bicyclic) bond motifs is 1. The van der Waals surface area contributed by atoms with Gasteiger partial charge in [0.25, 0.3) is 11.7 Å². The summed E-state index contributed by atoms with van der Waals surface area (Å²) in [7, 11) is 1.30. The molecule has 0 aliphatic carbocycles. The van der Waals surface area contributed by atoms with Gasteiger partial charge in [0.1, 0.15) is 19.0 Å². The lowest BCUT2D eigenvalue weighted by atomic mass is 9.94. The summed E-state index contributed by atoms with van der Waals surface area (Å²) in [6, 6.07) is 10.6. The first-order valence-corrected chi connectivity index (χ1v) is 12.0. The van der Waals surface area contributed by atoms with Crippen LogP contribution in [-0.4, -0.2) is 79.1 Å². The fourth-order valence-corrected chi connectivity index (χ4v) is 4.51. The zero-order valence-electron chi connectivity index (χ0n) is 20.7. The standard InChI is InChI=1S/C27H30N2O7/c1-4-28(5-2)12-13-29-23(17-6-8-18(9-7-17)27(33)34-3)22(25(31)26(29)32)24(30)19-10-11-20-21(16-19)36-15-14-35-20/h6-11,16,23,30H,4-5,12-15H2,1-3H3/t23-/m0/s1. The second-order valence-electron chi connectivity index (χ2n) is 8.49. The summed E-state index contributed by atoms with van der Waals surface area (Å²) < 4.78 is 15.9. The Morgan fingerprint density at radius 2 is 1.67 bits per heavy atom. The number of benzene rings is 2. The van der Waals surface area contributed by atoms with Crippen LogP contribution in [0.15, 0.2) is 48.0 Å². The monoisotopic (exact) mass is 494 g/mol. The molecule has 9 heteroatoms. The topological polar surface area (TPSA) is 106 Å². The first kappa shape index (κ1) is 25.2. The van der Waals surface area contributed by atoms with Gasteiger partial charge in [0.15, 0.2) is 11.5 Å². The minimum Gasteiger partial charge on any atom is -0.507 e. The number of amides is 1. The Morgan fingerprint density at radius 3 is 2.31 bits per heavy atom. The van der Waals surface area contributed by atoms with E-state index in [4.69, 9.17) is 14.2 Å². The number of nitrogens with zero attached hydrogens (tertiary/aromatic N) is 2. The molecule has 2 heterocycles. The van der Waals surface area contributed by atoms with Crippen molar-refractivity contribution in [2.45, 2.75) is 19.9 Å². The third kappa shape index (κ3) is 4.79. The molecule has 190 valence electrons. The number of aliphatic hydroxyl groups is 1. The fourth-order valence-electron chi connectivity index (χ4n) is 4.51. The molecule has 9 nitrogen and oxygen atoms in total. The number of aliphatic hydroxyl groups excluding tert-OH is 1. The molecule has 1 amide bonds. The Morgan fingerprint density at radius 1 is 1.03 bits per heavy atom. The van der Waals surface area contributed by atoms with Crippen molar-refractivity contribution < 1.29 is 33.7 Å². The molecule has 2 aromatic carbocycles. The Bertz CT molecular complexity index is 1190. The smallest absolute Gasteiger partial charge is 0.337 e. The lowest BCUT2D eigenvalue weighted by molar-refractivity contribution is -0.140. The lowest BCUT2D eigenvalue weighted by Crippen LogP contribution is -2.38. The quantitative estimate of drug-likeness (QED) is 0.258. The van der Waals surface area contributed by atoms with Crippen LogP contribution in [0.2, 0.25) is 0 Å². The number of hydrogen-bond acceptors (Lipinski definition) is 8. The van der Waals surface area contributed by atoms with Crippen LogP contribution >= 0.6 is 0 Å². The zero-order valence-corrected chi connectivity index (χ0v) is 20.7. The molecule has 2 aliphatic rings. The molecular weight excluding hydrogens is 464 g/mol. The van der Waals surface area contributed by atoms with E-state index in [0.29, 0.717) is 54.5 Å². The van der Waals surface area contributed by atoms with Crippen LogP contribution in [0.25, 0.3) is 5.76 Å². The van der Waals surface area contributed by atoms with Gasteiger partial charge in [-0.1, -0.05) is 26.0 Å². The van der Waals surface area contributed by atoms with E-state index < -0.39 is 23.7 Å². The number of rotatable bonds is 8. The molecule has 0 saturated carbocycles. The highest BCUT2D eigenvalue weighted by Crippen LogP contribution is 2.41. The van der Waals surface area contributed by atoms with Crippen LogP contribution < -0.4 is 9.47 Å². The maximum Gasteiger partial charge on any atom is 0.337 e. The van der Waals surface area contributed by atoms with E-state index in [-0.39, 0.29) is 11.3 Å². The number of ether oxygens (including phenoxy) is 3. The average Bonchev–Trinajstić information content (AvgIpc) is 3.17. The fraction of sp³-hybridized carbons (Fsp3) is 0.370. The van der Waals surface area contributed by atoms with Crippen molar-refractivity contribution in [3.63, 3.8) is 0 Å². The van der Waals surface area contributed by atoms with Crippen molar-refractivity contribution in [2.75, 3.05) is 46.5 Å². The van der Waals surface area contributed by atoms with Crippen molar-refractivity contribution in [1.82, 2.24) is 9.80 Å². The molecule has 2 aliphatic heterocycles. The van der Waals surface area contributed by atoms with E-state index in [2.05, 4.69) is 4.90 Å². The van der Waals surface area contributed by atoms with Crippen molar-refractivity contribution in [1.29, 1.82) is 0 Å². The average molecular weight is 495 g/mol. The second-order valence-corrected chi connectivity index (χ2v) is 8.49. The number of hydrogen-bond donors (Lipinski definition) is 1. The highest BCUT2D eigenvalue weighted by Gasteiger charge is 2.46. The molecule has 4 rings (SSSR count). The molecule has 0 unspecified atom stereocenters. The van der Waals surface area contributed by atoms with Gasteiger partial charge in [-0.25, -0.2) is 4.79 Å². The molecule has 0 bridgehead atoms. The lowest BCUT2D eigenvalue weighted by Gasteiger charge is -2.28. The van der Waals surface area contributed by atoms with Crippen molar-refractivity contribution in [3.8, 4) is 11.5 Å². The summed E-state index contributed by atoms with van der Waals surface area (Å²) in [5, 5.41) is 11.3. The van der Waals surface area contributed by atoms with Crippen LogP contribution in [0.3, 0.4) is 0 Å². The maximum absolute atomic E-state index is 13.3. The molecular formula is C27H30N2O7. The van der Waals surface area contributed by atoms with Gasteiger partial charge < -0.3 is 29.1 Å². The SMILES string of the molecule is CCN(CC)CCN1C(=O)C(=O)C(=C(O)c2ccc3c(c2)OCCO3)[C@@H]1c1ccc(C(=O)OC)cc1. The number of esters is 1. The minimum atomic E-state index is -0.819. The summed E-state index contributed by atoms with van der Waals surface area (Å²) in [5.74, 6) is -1.22. The number of likely N-dealkylation sites (tertiary alicyclic amines) is 1. The Balaban J connectivity index is 1.78. The first-order chi connectivity index (χ1) is 17.4. The summed E-state index contributed by atoms with van der Waals surface area (Å²) in [6.45, 7) is 7.34. The Labute approximate surface area is 209 Å². The second kappa shape index (κ2) is 10.8. The van der Waals surface area contributed by atoms with E-state index in [1.807, 2.05) is 13.8 Å². The van der Waals surface area contributed by atoms with Gasteiger partial charge in [0.05, 0.1) is 24.3 Å². The van der Waals surface area contributed by atoms with E-state index in [1.165, 1.54) is 12.0 Å². The van der Waals surface area contributed by atoms with Gasteiger partial charge in [-0.2, -0.15) is 0 Å². The highest BCUT2D eigenvalue weighted by molar-refractivity contribution is 6.46. The predicted octanol–water partition coefficient (Wildman–Crippen LogP) is 3.01. The molecule has 1 atom stereocenters. The van der Waals surface area contributed by atoms with Gasteiger partial charge in [0.2, 0.25) is 0 Å². The number of methoxy groups -OCH3 is 1. The van der Waals surface area contributed by atoms with Crippen LogP contribution in [-0.2, 0) is 14.3 Å². The zero-order chi connectivity index (χ0) is 25.8. The molecule has 0 aromatic heterocycles. The van der Waals surface area contributed by atoms with Gasteiger partial charge in [-0.15, -0.1) is 0 Å². The molecule has 0 spiro atoms. The van der Waals surface area contributed by atoms with Gasteiger partial charge in [0, 0.05) is 18.7 Å². The normalized spacial score (nSPS) is 18.6. The number of likely N-dealkylation sites (N-methyl/N-ethyl adjacent to an activating group) is 1. The van der Waals surface area contributed by atoms with E-state index in [0.717, 1.165) is 13.1 Å². The van der Waals surface area contributed by atoms with Crippen LogP contribution in [0, 0.1) is 0 Å². The van der Waals surface area contributed by atoms with Gasteiger partial charge in [-0.05, 0) is 49.0 Å². The third-order valence-electron chi connectivity index (χ3n) is 6.55. The summed E-state index contributed by atoms with van der Waals surface area (Å²) in [6.07, 6.45) is 0. The van der Waals surface area contributed by atoms with E-state index in [9.17, 15) is 19.5 Å². The maximum atomic E-state index is 13.3. The van der Waals surface area contributed by atoms with E-state index in [1.54, 1.807) is 42.5 Å². The number of carbonyl (C=O) groups excluding carboxylic acids is 3. The third-order valence-corrected chi connectivity index (χ3v) is 6.55. The molecule has 0 radical (unpaired) electrons. The van der Waals surface area contributed by atoms with Crippen LogP contribution in [0.4, 0.5) is 0 Å². The van der Waals surface area contributed by atoms with Crippen molar-refractivity contribution in [3.05, 3.63) is 64.7 Å². The Hall–Kier alpha value is -3.85. The number of ketones is 1. The molecule has 36 heavy (non-hydrogen) atoms. The van der Waals surface area contributed by atoms with Crippen LogP contribution in [0.1, 0.15) is 41.4 Å². The molecule has 1 fully saturated rings. The minimum absolute atomic E-state index is 0.0120. The summed E-state index contributed by atoms with van der Waals surface area (Å²) in [4.78, 5) is 42.0. The molecule has 1 saturated heterocycles. The number of Topliss-reactive ketones (excluding diaryl/α,β-unsaturated/α-hetero) is 1. The van der Waals surface area contributed by atoms with Crippen LogP contribution in [0.5, 0.6) is 11.5 Å².